The van der Waals surface area contributed by atoms with E-state index in [1.54, 1.807) is 0 Å². The minimum absolute atomic E-state index is 0.0468. The fraction of sp³-hybridized carbons (Fsp3) is 0.350. The molecule has 0 saturated carbocycles. The van der Waals surface area contributed by atoms with Crippen LogP contribution in [0, 0.1) is 0 Å². The Labute approximate surface area is 151 Å². The van der Waals surface area contributed by atoms with Gasteiger partial charge in [0.15, 0.2) is 6.04 Å². The quantitative estimate of drug-likeness (QED) is 0.818. The highest BCUT2D eigenvalue weighted by atomic mass is 79.9. The minimum Gasteiger partial charge on any atom is -0.324 e. The number of hydrogen-bond donors (Lipinski definition) is 2. The number of benzene rings is 2. The van der Waals surface area contributed by atoms with E-state index in [0.717, 1.165) is 23.2 Å². The predicted molar refractivity (Wildman–Crippen MR) is 99.4 cm³/mol. The molecule has 2 aliphatic rings. The summed E-state index contributed by atoms with van der Waals surface area (Å²) < 4.78 is 1.06. The molecule has 2 heterocycles. The molecule has 2 atom stereocenters. The SMILES string of the molecule is O=C1Nc2ccc(Br)cc2[C@@H](c2ccccc2)[C@@H]1[NH+]1CCCCC1. The van der Waals surface area contributed by atoms with Crippen molar-refractivity contribution in [2.24, 2.45) is 0 Å². The molecule has 4 rings (SSSR count). The van der Waals surface area contributed by atoms with Gasteiger partial charge in [-0.2, -0.15) is 0 Å². The highest BCUT2D eigenvalue weighted by Crippen LogP contribution is 2.38. The Hall–Kier alpha value is -1.65. The minimum atomic E-state index is -0.0468. The second-order valence-electron chi connectivity index (χ2n) is 6.81. The summed E-state index contributed by atoms with van der Waals surface area (Å²) >= 11 is 3.60. The molecule has 0 bridgehead atoms. The number of carbonyl (C=O) groups excluding carboxylic acids is 1. The molecule has 0 aromatic heterocycles. The number of amides is 1. The van der Waals surface area contributed by atoms with Gasteiger partial charge in [0.1, 0.15) is 0 Å². The molecule has 3 nitrogen and oxygen atoms in total. The van der Waals surface area contributed by atoms with Crippen LogP contribution in [0.5, 0.6) is 0 Å². The van der Waals surface area contributed by atoms with E-state index in [4.69, 9.17) is 0 Å². The standard InChI is InChI=1S/C20H21BrN2O/c21-15-9-10-17-16(13-15)18(14-7-3-1-4-8-14)19(20(24)22-17)23-11-5-2-6-12-23/h1,3-4,7-10,13,18-19H,2,5-6,11-12H2,(H,22,24)/p+1/t18-,19+/m1/s1. The number of halogens is 1. The van der Waals surface area contributed by atoms with E-state index < -0.39 is 0 Å². The Morgan fingerprint density at radius 3 is 2.50 bits per heavy atom. The molecule has 2 aliphatic heterocycles. The van der Waals surface area contributed by atoms with Crippen LogP contribution in [0.1, 0.15) is 36.3 Å². The van der Waals surface area contributed by atoms with E-state index in [-0.39, 0.29) is 17.9 Å². The number of rotatable bonds is 2. The molecule has 2 N–H and O–H groups in total. The number of carbonyl (C=O) groups is 1. The first-order valence-electron chi connectivity index (χ1n) is 8.74. The third-order valence-electron chi connectivity index (χ3n) is 5.32. The Bertz CT molecular complexity index is 741. The normalized spacial score (nSPS) is 24.3. The Morgan fingerprint density at radius 2 is 1.75 bits per heavy atom. The first kappa shape index (κ1) is 15.9. The van der Waals surface area contributed by atoms with Crippen molar-refractivity contribution in [2.45, 2.75) is 31.2 Å². The lowest BCUT2D eigenvalue weighted by molar-refractivity contribution is -0.921. The van der Waals surface area contributed by atoms with Crippen LogP contribution in [0.2, 0.25) is 0 Å². The lowest BCUT2D eigenvalue weighted by Crippen LogP contribution is -3.18. The monoisotopic (exact) mass is 385 g/mol. The first-order valence-corrected chi connectivity index (χ1v) is 9.53. The topological polar surface area (TPSA) is 33.5 Å². The summed E-state index contributed by atoms with van der Waals surface area (Å²) in [5.74, 6) is 0.274. The molecule has 1 fully saturated rings. The zero-order chi connectivity index (χ0) is 16.5. The van der Waals surface area contributed by atoms with Gasteiger partial charge in [-0.15, -0.1) is 0 Å². The predicted octanol–water partition coefficient (Wildman–Crippen LogP) is 2.97. The van der Waals surface area contributed by atoms with Gasteiger partial charge < -0.3 is 10.2 Å². The molecular weight excluding hydrogens is 364 g/mol. The van der Waals surface area contributed by atoms with Crippen LogP contribution >= 0.6 is 15.9 Å². The van der Waals surface area contributed by atoms with Gasteiger partial charge in [-0.1, -0.05) is 46.3 Å². The Morgan fingerprint density at radius 1 is 1.00 bits per heavy atom. The van der Waals surface area contributed by atoms with Gasteiger partial charge in [0.05, 0.1) is 19.0 Å². The highest BCUT2D eigenvalue weighted by Gasteiger charge is 2.44. The van der Waals surface area contributed by atoms with E-state index in [9.17, 15) is 4.79 Å². The summed E-state index contributed by atoms with van der Waals surface area (Å²) in [6.45, 7) is 2.18. The number of fused-ring (bicyclic) bond motifs is 1. The van der Waals surface area contributed by atoms with Crippen molar-refractivity contribution in [3.8, 4) is 0 Å². The van der Waals surface area contributed by atoms with Crippen LogP contribution in [0.15, 0.2) is 53.0 Å². The van der Waals surface area contributed by atoms with Crippen LogP contribution in [0.3, 0.4) is 0 Å². The zero-order valence-corrected chi connectivity index (χ0v) is 15.2. The van der Waals surface area contributed by atoms with Crippen LogP contribution in [-0.2, 0) is 4.79 Å². The van der Waals surface area contributed by atoms with Crippen molar-refractivity contribution in [1.29, 1.82) is 0 Å². The van der Waals surface area contributed by atoms with Gasteiger partial charge in [-0.05, 0) is 48.6 Å². The molecule has 1 saturated heterocycles. The second kappa shape index (κ2) is 6.69. The summed E-state index contributed by atoms with van der Waals surface area (Å²) in [6, 6.07) is 16.6. The summed E-state index contributed by atoms with van der Waals surface area (Å²) in [4.78, 5) is 14.4. The average Bonchev–Trinajstić information content (AvgIpc) is 2.62. The molecule has 1 amide bonds. The van der Waals surface area contributed by atoms with Crippen molar-refractivity contribution in [3.63, 3.8) is 0 Å². The molecule has 124 valence electrons. The van der Waals surface area contributed by atoms with E-state index in [2.05, 4.69) is 51.6 Å². The Kier molecular flexibility index (Phi) is 4.42. The molecule has 2 aromatic carbocycles. The first-order chi connectivity index (χ1) is 11.7. The lowest BCUT2D eigenvalue weighted by atomic mass is 9.80. The van der Waals surface area contributed by atoms with Gasteiger partial charge in [-0.25, -0.2) is 0 Å². The molecule has 4 heteroatoms. The van der Waals surface area contributed by atoms with Gasteiger partial charge in [-0.3, -0.25) is 4.79 Å². The van der Waals surface area contributed by atoms with E-state index in [1.165, 1.54) is 35.3 Å². The van der Waals surface area contributed by atoms with Gasteiger partial charge in [0.2, 0.25) is 0 Å². The third kappa shape index (κ3) is 2.89. The molecule has 0 unspecified atom stereocenters. The molecule has 0 spiro atoms. The molecule has 0 aliphatic carbocycles. The zero-order valence-electron chi connectivity index (χ0n) is 13.6. The summed E-state index contributed by atoms with van der Waals surface area (Å²) in [5.41, 5.74) is 3.40. The van der Waals surface area contributed by atoms with Crippen LogP contribution < -0.4 is 10.2 Å². The van der Waals surface area contributed by atoms with Gasteiger partial charge in [0.25, 0.3) is 5.91 Å². The van der Waals surface area contributed by atoms with E-state index in [0.29, 0.717) is 0 Å². The van der Waals surface area contributed by atoms with Crippen LogP contribution in [0.25, 0.3) is 0 Å². The Balaban J connectivity index is 1.83. The number of quaternary nitrogens is 1. The number of anilines is 1. The fourth-order valence-corrected chi connectivity index (χ4v) is 4.60. The number of likely N-dealkylation sites (tertiary alicyclic amines) is 1. The fourth-order valence-electron chi connectivity index (χ4n) is 4.22. The van der Waals surface area contributed by atoms with Crippen LogP contribution in [-0.4, -0.2) is 25.0 Å². The van der Waals surface area contributed by atoms with Crippen molar-refractivity contribution in [3.05, 3.63) is 64.1 Å². The summed E-state index contributed by atoms with van der Waals surface area (Å²) in [7, 11) is 0. The van der Waals surface area contributed by atoms with E-state index in [1.807, 2.05) is 18.2 Å². The molecular formula is C20H22BrN2O+. The highest BCUT2D eigenvalue weighted by molar-refractivity contribution is 9.10. The van der Waals surface area contributed by atoms with Crippen LogP contribution in [0.4, 0.5) is 5.69 Å². The molecule has 24 heavy (non-hydrogen) atoms. The largest absolute Gasteiger partial charge is 0.324 e. The van der Waals surface area contributed by atoms with Crippen molar-refractivity contribution in [1.82, 2.24) is 0 Å². The summed E-state index contributed by atoms with van der Waals surface area (Å²) in [5, 5.41) is 3.15. The maximum absolute atomic E-state index is 13.0. The number of piperidine rings is 1. The maximum Gasteiger partial charge on any atom is 0.283 e. The van der Waals surface area contributed by atoms with Gasteiger partial charge >= 0.3 is 0 Å². The maximum atomic E-state index is 13.0. The summed E-state index contributed by atoms with van der Waals surface area (Å²) in [6.07, 6.45) is 3.72. The van der Waals surface area contributed by atoms with Gasteiger partial charge in [0, 0.05) is 10.2 Å². The molecule has 2 aromatic rings. The third-order valence-corrected chi connectivity index (χ3v) is 5.81. The average molecular weight is 386 g/mol. The van der Waals surface area contributed by atoms with Crippen molar-refractivity contribution in [2.75, 3.05) is 18.4 Å². The van der Waals surface area contributed by atoms with Crippen molar-refractivity contribution < 1.29 is 9.69 Å². The lowest BCUT2D eigenvalue weighted by Gasteiger charge is -2.39. The smallest absolute Gasteiger partial charge is 0.283 e. The second-order valence-corrected chi connectivity index (χ2v) is 7.72. The number of nitrogens with one attached hydrogen (secondary N) is 2. The molecule has 0 radical (unpaired) electrons. The van der Waals surface area contributed by atoms with Crippen molar-refractivity contribution >= 4 is 27.5 Å². The van der Waals surface area contributed by atoms with E-state index >= 15 is 0 Å². The number of hydrogen-bond acceptors (Lipinski definition) is 1.